The maximum atomic E-state index is 11.4. The van der Waals surface area contributed by atoms with Crippen LogP contribution in [-0.4, -0.2) is 43.0 Å². The summed E-state index contributed by atoms with van der Waals surface area (Å²) in [5.74, 6) is 1.39. The maximum Gasteiger partial charge on any atom is 0.235 e. The van der Waals surface area contributed by atoms with Crippen LogP contribution in [0.1, 0.15) is 40.0 Å². The number of nitrogens with one attached hydrogen (secondary N) is 1. The van der Waals surface area contributed by atoms with Gasteiger partial charge in [-0.25, -0.2) is 0 Å². The van der Waals surface area contributed by atoms with Crippen molar-refractivity contribution in [3.63, 3.8) is 0 Å². The Morgan fingerprint density at radius 1 is 1.39 bits per heavy atom. The molecule has 0 spiro atoms. The van der Waals surface area contributed by atoms with Crippen LogP contribution >= 0.6 is 0 Å². The molecular formula is C14H29N3O. The molecule has 4 heteroatoms. The van der Waals surface area contributed by atoms with E-state index >= 15 is 0 Å². The molecule has 1 aliphatic rings. The van der Waals surface area contributed by atoms with E-state index in [1.807, 2.05) is 0 Å². The van der Waals surface area contributed by atoms with E-state index in [0.29, 0.717) is 0 Å². The smallest absolute Gasteiger partial charge is 0.235 e. The molecule has 0 aromatic rings. The quantitative estimate of drug-likeness (QED) is 0.719. The first kappa shape index (κ1) is 15.4. The Bertz CT molecular complexity index is 247. The van der Waals surface area contributed by atoms with E-state index < -0.39 is 0 Å². The van der Waals surface area contributed by atoms with Gasteiger partial charge in [0.15, 0.2) is 0 Å². The molecule has 3 N–H and O–H groups in total. The fourth-order valence-corrected chi connectivity index (χ4v) is 2.63. The summed E-state index contributed by atoms with van der Waals surface area (Å²) in [5.41, 5.74) is 5.44. The van der Waals surface area contributed by atoms with E-state index in [1.165, 1.54) is 12.8 Å². The van der Waals surface area contributed by atoms with Gasteiger partial charge in [-0.3, -0.25) is 4.79 Å². The van der Waals surface area contributed by atoms with Crippen LogP contribution in [0.25, 0.3) is 0 Å². The summed E-state index contributed by atoms with van der Waals surface area (Å²) in [4.78, 5) is 13.8. The Labute approximate surface area is 111 Å². The number of amides is 1. The summed E-state index contributed by atoms with van der Waals surface area (Å²) < 4.78 is 0. The Balaban J connectivity index is 2.35. The van der Waals surface area contributed by atoms with Crippen molar-refractivity contribution in [2.75, 3.05) is 26.2 Å². The van der Waals surface area contributed by atoms with Gasteiger partial charge in [0.25, 0.3) is 0 Å². The summed E-state index contributed by atoms with van der Waals surface area (Å²) in [7, 11) is 0. The highest BCUT2D eigenvalue weighted by Crippen LogP contribution is 2.24. The highest BCUT2D eigenvalue weighted by molar-refractivity contribution is 5.80. The minimum absolute atomic E-state index is 0.194. The lowest BCUT2D eigenvalue weighted by molar-refractivity contribution is -0.120. The first-order chi connectivity index (χ1) is 8.54. The van der Waals surface area contributed by atoms with Crippen LogP contribution in [0.5, 0.6) is 0 Å². The second-order valence-electron chi connectivity index (χ2n) is 5.79. The highest BCUT2D eigenvalue weighted by atomic mass is 16.1. The second kappa shape index (κ2) is 7.74. The summed E-state index contributed by atoms with van der Waals surface area (Å²) in [5, 5.41) is 3.23. The van der Waals surface area contributed by atoms with Crippen LogP contribution in [0.2, 0.25) is 0 Å². The third-order valence-electron chi connectivity index (χ3n) is 4.00. The summed E-state index contributed by atoms with van der Waals surface area (Å²) in [6.07, 6.45) is 3.52. The van der Waals surface area contributed by atoms with E-state index in [9.17, 15) is 4.79 Å². The zero-order valence-electron chi connectivity index (χ0n) is 12.1. The first-order valence-corrected chi connectivity index (χ1v) is 7.29. The molecule has 1 unspecified atom stereocenters. The van der Waals surface area contributed by atoms with Crippen LogP contribution in [0, 0.1) is 11.8 Å². The predicted molar refractivity (Wildman–Crippen MR) is 75.3 cm³/mol. The molecule has 1 saturated heterocycles. The number of primary amides is 1. The molecule has 106 valence electrons. The zero-order valence-corrected chi connectivity index (χ0v) is 12.1. The topological polar surface area (TPSA) is 58.4 Å². The van der Waals surface area contributed by atoms with Gasteiger partial charge in [-0.05, 0) is 50.7 Å². The third kappa shape index (κ3) is 4.94. The molecule has 0 aliphatic carbocycles. The fourth-order valence-electron chi connectivity index (χ4n) is 2.63. The minimum Gasteiger partial charge on any atom is -0.368 e. The van der Waals surface area contributed by atoms with Crippen LogP contribution in [-0.2, 0) is 4.79 Å². The van der Waals surface area contributed by atoms with Crippen LogP contribution in [0.3, 0.4) is 0 Å². The SMILES string of the molecule is CCCNC(CN1CCC(C(C)C)CC1)C(N)=O. The van der Waals surface area contributed by atoms with Gasteiger partial charge >= 0.3 is 0 Å². The lowest BCUT2D eigenvalue weighted by Gasteiger charge is -2.35. The molecule has 0 bridgehead atoms. The standard InChI is InChI=1S/C14H29N3O/c1-4-7-16-13(14(15)18)10-17-8-5-12(6-9-17)11(2)3/h11-13,16H,4-10H2,1-3H3,(H2,15,18). The van der Waals surface area contributed by atoms with Gasteiger partial charge in [-0.1, -0.05) is 20.8 Å². The number of carbonyl (C=O) groups is 1. The fraction of sp³-hybridized carbons (Fsp3) is 0.929. The first-order valence-electron chi connectivity index (χ1n) is 7.29. The minimum atomic E-state index is -0.227. The average Bonchev–Trinajstić information content (AvgIpc) is 2.34. The molecule has 0 aromatic heterocycles. The van der Waals surface area contributed by atoms with Crippen LogP contribution in [0.15, 0.2) is 0 Å². The maximum absolute atomic E-state index is 11.4. The molecule has 1 amide bonds. The zero-order chi connectivity index (χ0) is 13.5. The predicted octanol–water partition coefficient (Wildman–Crippen LogP) is 1.21. The molecule has 0 radical (unpaired) electrons. The third-order valence-corrected chi connectivity index (χ3v) is 4.00. The van der Waals surface area contributed by atoms with Crippen LogP contribution < -0.4 is 11.1 Å². The van der Waals surface area contributed by atoms with Gasteiger partial charge < -0.3 is 16.0 Å². The number of carbonyl (C=O) groups excluding carboxylic acids is 1. The number of nitrogens with zero attached hydrogens (tertiary/aromatic N) is 1. The number of piperidine rings is 1. The van der Waals surface area contributed by atoms with Crippen molar-refractivity contribution in [1.29, 1.82) is 0 Å². The average molecular weight is 255 g/mol. The van der Waals surface area contributed by atoms with E-state index in [4.69, 9.17) is 5.73 Å². The number of hydrogen-bond donors (Lipinski definition) is 2. The van der Waals surface area contributed by atoms with Gasteiger partial charge in [0.05, 0.1) is 6.04 Å². The lowest BCUT2D eigenvalue weighted by atomic mass is 9.86. The molecule has 1 heterocycles. The van der Waals surface area contributed by atoms with Crippen molar-refractivity contribution in [3.05, 3.63) is 0 Å². The Morgan fingerprint density at radius 2 is 2.00 bits per heavy atom. The summed E-state index contributed by atoms with van der Waals surface area (Å²) in [6.45, 7) is 10.5. The monoisotopic (exact) mass is 255 g/mol. The van der Waals surface area contributed by atoms with Crippen molar-refractivity contribution in [2.24, 2.45) is 17.6 Å². The van der Waals surface area contributed by atoms with Crippen molar-refractivity contribution < 1.29 is 4.79 Å². The number of rotatable bonds is 7. The van der Waals surface area contributed by atoms with E-state index in [0.717, 1.165) is 44.4 Å². The van der Waals surface area contributed by atoms with Crippen molar-refractivity contribution in [1.82, 2.24) is 10.2 Å². The Hall–Kier alpha value is -0.610. The Kier molecular flexibility index (Phi) is 6.65. The van der Waals surface area contributed by atoms with Gasteiger partial charge in [0, 0.05) is 6.54 Å². The van der Waals surface area contributed by atoms with Crippen LogP contribution in [0.4, 0.5) is 0 Å². The molecule has 1 rings (SSSR count). The van der Waals surface area contributed by atoms with Gasteiger partial charge in [0.1, 0.15) is 0 Å². The molecular weight excluding hydrogens is 226 g/mol. The highest BCUT2D eigenvalue weighted by Gasteiger charge is 2.24. The molecule has 1 atom stereocenters. The molecule has 0 saturated carbocycles. The lowest BCUT2D eigenvalue weighted by Crippen LogP contribution is -2.51. The molecule has 18 heavy (non-hydrogen) atoms. The summed E-state index contributed by atoms with van der Waals surface area (Å²) in [6, 6.07) is -0.194. The van der Waals surface area contributed by atoms with Crippen molar-refractivity contribution in [2.45, 2.75) is 46.1 Å². The number of nitrogens with two attached hydrogens (primary N) is 1. The van der Waals surface area contributed by atoms with E-state index in [1.54, 1.807) is 0 Å². The van der Waals surface area contributed by atoms with Gasteiger partial charge in [0.2, 0.25) is 5.91 Å². The number of hydrogen-bond acceptors (Lipinski definition) is 3. The molecule has 0 aromatic carbocycles. The molecule has 4 nitrogen and oxygen atoms in total. The second-order valence-corrected chi connectivity index (χ2v) is 5.79. The normalized spacial score (nSPS) is 20.2. The van der Waals surface area contributed by atoms with Crippen molar-refractivity contribution in [3.8, 4) is 0 Å². The summed E-state index contributed by atoms with van der Waals surface area (Å²) >= 11 is 0. The van der Waals surface area contributed by atoms with E-state index in [2.05, 4.69) is 31.0 Å². The largest absolute Gasteiger partial charge is 0.368 e. The van der Waals surface area contributed by atoms with Gasteiger partial charge in [-0.2, -0.15) is 0 Å². The van der Waals surface area contributed by atoms with Crippen molar-refractivity contribution >= 4 is 5.91 Å². The van der Waals surface area contributed by atoms with Gasteiger partial charge in [-0.15, -0.1) is 0 Å². The molecule has 1 fully saturated rings. The Morgan fingerprint density at radius 3 is 2.44 bits per heavy atom. The number of likely N-dealkylation sites (tertiary alicyclic amines) is 1. The molecule has 1 aliphatic heterocycles. The van der Waals surface area contributed by atoms with E-state index in [-0.39, 0.29) is 11.9 Å².